The molecule has 0 saturated carbocycles. The lowest BCUT2D eigenvalue weighted by Crippen LogP contribution is -2.37. The molecule has 1 aromatic carbocycles. The lowest BCUT2D eigenvalue weighted by molar-refractivity contribution is -0.122. The van der Waals surface area contributed by atoms with Crippen LogP contribution in [0.4, 0.5) is 10.1 Å². The van der Waals surface area contributed by atoms with E-state index in [0.29, 0.717) is 18.7 Å². The molecule has 108 valence electrons. The van der Waals surface area contributed by atoms with Gasteiger partial charge in [-0.3, -0.25) is 9.59 Å². The van der Waals surface area contributed by atoms with Crippen LogP contribution >= 0.6 is 0 Å². The van der Waals surface area contributed by atoms with E-state index in [1.165, 1.54) is 17.0 Å². The fraction of sp³-hybridized carbons (Fsp3) is 0.467. The molecule has 0 unspecified atom stereocenters. The molecule has 1 aliphatic heterocycles. The summed E-state index contributed by atoms with van der Waals surface area (Å²) in [4.78, 5) is 25.2. The molecule has 0 aliphatic carbocycles. The molecular weight excluding hydrogens is 259 g/mol. The van der Waals surface area contributed by atoms with Crippen LogP contribution in [0.2, 0.25) is 0 Å². The highest BCUT2D eigenvalue weighted by molar-refractivity contribution is 5.96. The van der Waals surface area contributed by atoms with Gasteiger partial charge in [0, 0.05) is 25.1 Å². The minimum Gasteiger partial charge on any atom is -0.351 e. The van der Waals surface area contributed by atoms with E-state index in [2.05, 4.69) is 5.32 Å². The van der Waals surface area contributed by atoms with Gasteiger partial charge in [-0.05, 0) is 24.1 Å². The van der Waals surface area contributed by atoms with E-state index in [-0.39, 0.29) is 36.0 Å². The first-order valence-corrected chi connectivity index (χ1v) is 6.81. The van der Waals surface area contributed by atoms with Crippen molar-refractivity contribution in [1.82, 2.24) is 5.32 Å². The van der Waals surface area contributed by atoms with Crippen LogP contribution in [0.15, 0.2) is 24.3 Å². The number of nitrogens with zero attached hydrogens (tertiary/aromatic N) is 1. The normalized spacial score (nSPS) is 18.7. The number of benzene rings is 1. The number of hydrogen-bond acceptors (Lipinski definition) is 2. The van der Waals surface area contributed by atoms with E-state index in [4.69, 9.17) is 0 Å². The zero-order valence-electron chi connectivity index (χ0n) is 11.7. The number of carbonyl (C=O) groups excluding carboxylic acids is 2. The van der Waals surface area contributed by atoms with Gasteiger partial charge in [0.2, 0.25) is 11.8 Å². The minimum absolute atomic E-state index is 0.0427. The summed E-state index contributed by atoms with van der Waals surface area (Å²) >= 11 is 0. The first-order valence-electron chi connectivity index (χ1n) is 6.81. The molecule has 1 atom stereocenters. The van der Waals surface area contributed by atoms with Crippen molar-refractivity contribution in [3.05, 3.63) is 30.1 Å². The van der Waals surface area contributed by atoms with Crippen molar-refractivity contribution in [2.45, 2.75) is 32.7 Å². The smallest absolute Gasteiger partial charge is 0.229 e. The average Bonchev–Trinajstić information content (AvgIpc) is 2.68. The van der Waals surface area contributed by atoms with Gasteiger partial charge in [-0.2, -0.15) is 0 Å². The molecule has 0 bridgehead atoms. The Morgan fingerprint density at radius 1 is 1.50 bits per heavy atom. The third kappa shape index (κ3) is 3.56. The largest absolute Gasteiger partial charge is 0.351 e. The lowest BCUT2D eigenvalue weighted by Gasteiger charge is -2.17. The number of anilines is 1. The molecule has 0 radical (unpaired) electrons. The topological polar surface area (TPSA) is 49.4 Å². The predicted molar refractivity (Wildman–Crippen MR) is 74.8 cm³/mol. The predicted octanol–water partition coefficient (Wildman–Crippen LogP) is 2.09. The lowest BCUT2D eigenvalue weighted by atomic mass is 10.1. The maximum Gasteiger partial charge on any atom is 0.229 e. The summed E-state index contributed by atoms with van der Waals surface area (Å²) < 4.78 is 13.2. The van der Waals surface area contributed by atoms with E-state index in [9.17, 15) is 14.0 Å². The quantitative estimate of drug-likeness (QED) is 0.917. The summed E-state index contributed by atoms with van der Waals surface area (Å²) in [5, 5.41) is 2.86. The second-order valence-electron chi connectivity index (χ2n) is 5.55. The molecule has 5 heteroatoms. The zero-order chi connectivity index (χ0) is 14.7. The Balaban J connectivity index is 1.99. The van der Waals surface area contributed by atoms with Crippen LogP contribution in [0.25, 0.3) is 0 Å². The van der Waals surface area contributed by atoms with Crippen molar-refractivity contribution < 1.29 is 14.0 Å². The van der Waals surface area contributed by atoms with Crippen LogP contribution in [0.3, 0.4) is 0 Å². The van der Waals surface area contributed by atoms with Gasteiger partial charge in [-0.15, -0.1) is 0 Å². The van der Waals surface area contributed by atoms with Crippen molar-refractivity contribution in [3.63, 3.8) is 0 Å². The summed E-state index contributed by atoms with van der Waals surface area (Å²) in [5.41, 5.74) is 0.538. The molecule has 2 amide bonds. The highest BCUT2D eigenvalue weighted by Gasteiger charge is 2.31. The summed E-state index contributed by atoms with van der Waals surface area (Å²) in [6.45, 7) is 4.34. The molecule has 0 aromatic heterocycles. The Hall–Kier alpha value is -1.91. The number of nitrogens with one attached hydrogen (secondary N) is 1. The van der Waals surface area contributed by atoms with Gasteiger partial charge in [0.15, 0.2) is 0 Å². The average molecular weight is 278 g/mol. The second kappa shape index (κ2) is 6.03. The second-order valence-corrected chi connectivity index (χ2v) is 5.55. The fourth-order valence-electron chi connectivity index (χ4n) is 2.36. The van der Waals surface area contributed by atoms with Gasteiger partial charge in [0.25, 0.3) is 0 Å². The third-order valence-electron chi connectivity index (χ3n) is 3.20. The van der Waals surface area contributed by atoms with Crippen molar-refractivity contribution >= 4 is 17.5 Å². The molecular formula is C15H19FN2O2. The maximum atomic E-state index is 13.2. The highest BCUT2D eigenvalue weighted by atomic mass is 19.1. The van der Waals surface area contributed by atoms with Gasteiger partial charge < -0.3 is 10.2 Å². The highest BCUT2D eigenvalue weighted by Crippen LogP contribution is 2.22. The molecule has 0 spiro atoms. The number of carbonyl (C=O) groups is 2. The van der Waals surface area contributed by atoms with E-state index >= 15 is 0 Å². The van der Waals surface area contributed by atoms with E-state index in [0.717, 1.165) is 0 Å². The van der Waals surface area contributed by atoms with Crippen LogP contribution in [-0.4, -0.2) is 24.4 Å². The molecule has 1 fully saturated rings. The molecule has 20 heavy (non-hydrogen) atoms. The first kappa shape index (κ1) is 14.5. The molecule has 2 rings (SSSR count). The fourth-order valence-corrected chi connectivity index (χ4v) is 2.36. The van der Waals surface area contributed by atoms with Crippen molar-refractivity contribution in [3.8, 4) is 0 Å². The van der Waals surface area contributed by atoms with Crippen LogP contribution in [0, 0.1) is 11.7 Å². The number of halogens is 1. The first-order chi connectivity index (χ1) is 9.45. The Morgan fingerprint density at radius 2 is 2.25 bits per heavy atom. The van der Waals surface area contributed by atoms with Crippen LogP contribution < -0.4 is 10.2 Å². The number of amides is 2. The van der Waals surface area contributed by atoms with Gasteiger partial charge >= 0.3 is 0 Å². The minimum atomic E-state index is -0.373. The van der Waals surface area contributed by atoms with Gasteiger partial charge in [0.05, 0.1) is 6.04 Å². The van der Waals surface area contributed by atoms with Crippen molar-refractivity contribution in [2.75, 3.05) is 11.4 Å². The Bertz CT molecular complexity index is 516. The molecule has 1 aliphatic rings. The van der Waals surface area contributed by atoms with E-state index in [1.54, 1.807) is 12.1 Å². The Labute approximate surface area is 118 Å². The van der Waals surface area contributed by atoms with Gasteiger partial charge in [-0.25, -0.2) is 4.39 Å². The van der Waals surface area contributed by atoms with Crippen LogP contribution in [0.1, 0.15) is 26.7 Å². The van der Waals surface area contributed by atoms with Crippen molar-refractivity contribution in [1.29, 1.82) is 0 Å². The monoisotopic (exact) mass is 278 g/mol. The van der Waals surface area contributed by atoms with Gasteiger partial charge in [-0.1, -0.05) is 19.9 Å². The van der Waals surface area contributed by atoms with Crippen LogP contribution in [0.5, 0.6) is 0 Å². The molecule has 1 aromatic rings. The van der Waals surface area contributed by atoms with E-state index < -0.39 is 0 Å². The molecule has 1 N–H and O–H groups in total. The summed E-state index contributed by atoms with van der Waals surface area (Å²) in [6, 6.07) is 5.74. The number of hydrogen-bond donors (Lipinski definition) is 1. The molecule has 4 nitrogen and oxygen atoms in total. The Kier molecular flexibility index (Phi) is 4.37. The number of rotatable bonds is 4. The van der Waals surface area contributed by atoms with Crippen molar-refractivity contribution in [2.24, 2.45) is 5.92 Å². The van der Waals surface area contributed by atoms with Gasteiger partial charge in [0.1, 0.15) is 5.82 Å². The third-order valence-corrected chi connectivity index (χ3v) is 3.20. The van der Waals surface area contributed by atoms with Crippen LogP contribution in [-0.2, 0) is 9.59 Å². The Morgan fingerprint density at radius 3 is 2.90 bits per heavy atom. The SMILES string of the molecule is CC(C)CC(=O)N[C@H]1CC(=O)N(c2cccc(F)c2)C1. The molecule has 1 saturated heterocycles. The summed E-state index contributed by atoms with van der Waals surface area (Å²) in [6.07, 6.45) is 0.713. The molecule has 1 heterocycles. The van der Waals surface area contributed by atoms with E-state index in [1.807, 2.05) is 13.8 Å². The zero-order valence-corrected chi connectivity index (χ0v) is 11.7. The standard InChI is InChI=1S/C15H19FN2O2/c1-10(2)6-14(19)17-12-8-15(20)18(9-12)13-5-3-4-11(16)7-13/h3-5,7,10,12H,6,8-9H2,1-2H3,(H,17,19)/t12-/m0/s1. The maximum absolute atomic E-state index is 13.2. The summed E-state index contributed by atoms with van der Waals surface area (Å²) in [7, 11) is 0. The summed E-state index contributed by atoms with van der Waals surface area (Å²) in [5.74, 6) is -0.224.